The van der Waals surface area contributed by atoms with Gasteiger partial charge in [-0.15, -0.1) is 0 Å². The molecule has 3 nitrogen and oxygen atoms in total. The Morgan fingerprint density at radius 2 is 2.08 bits per heavy atom. The molecule has 0 saturated carbocycles. The van der Waals surface area contributed by atoms with E-state index in [0.29, 0.717) is 16.9 Å². The Morgan fingerprint density at radius 1 is 1.33 bits per heavy atom. The lowest BCUT2D eigenvalue weighted by Gasteiger charge is -1.92. The van der Waals surface area contributed by atoms with Crippen molar-refractivity contribution in [2.75, 3.05) is 0 Å². The van der Waals surface area contributed by atoms with Gasteiger partial charge in [0.25, 0.3) is 0 Å². The van der Waals surface area contributed by atoms with E-state index < -0.39 is 0 Å². The predicted octanol–water partition coefficient (Wildman–Crippen LogP) is 1.71. The lowest BCUT2D eigenvalue weighted by molar-refractivity contribution is 0.612. The summed E-state index contributed by atoms with van der Waals surface area (Å²) < 4.78 is 12.9. The van der Waals surface area contributed by atoms with Gasteiger partial charge < -0.3 is 4.98 Å². The van der Waals surface area contributed by atoms with E-state index in [1.165, 1.54) is 6.07 Å². The molecule has 0 aromatic carbocycles. The first-order chi connectivity index (χ1) is 5.66. The van der Waals surface area contributed by atoms with E-state index >= 15 is 0 Å². The predicted molar refractivity (Wildman–Crippen MR) is 43.3 cm³/mol. The number of H-pyrrole nitrogens is 1. The first-order valence-electron chi connectivity index (χ1n) is 3.66. The van der Waals surface area contributed by atoms with Crippen molar-refractivity contribution in [3.05, 3.63) is 23.4 Å². The van der Waals surface area contributed by atoms with Crippen molar-refractivity contribution in [2.45, 2.75) is 13.8 Å². The van der Waals surface area contributed by atoms with Crippen LogP contribution in [0.2, 0.25) is 0 Å². The van der Waals surface area contributed by atoms with Gasteiger partial charge in [-0.25, -0.2) is 14.4 Å². The summed E-state index contributed by atoms with van der Waals surface area (Å²) >= 11 is 0. The van der Waals surface area contributed by atoms with Crippen molar-refractivity contribution >= 4 is 11.2 Å². The molecular formula is C8H8FN3. The molecule has 0 spiro atoms. The number of hydrogen-bond donors (Lipinski definition) is 1. The second-order valence-corrected chi connectivity index (χ2v) is 2.75. The number of aryl methyl sites for hydroxylation is 2. The highest BCUT2D eigenvalue weighted by atomic mass is 19.1. The highest BCUT2D eigenvalue weighted by Crippen LogP contribution is 2.12. The summed E-state index contributed by atoms with van der Waals surface area (Å²) in [4.78, 5) is 11.0. The molecule has 0 unspecified atom stereocenters. The summed E-state index contributed by atoms with van der Waals surface area (Å²) in [5, 5.41) is 0. The van der Waals surface area contributed by atoms with Crippen molar-refractivity contribution in [3.8, 4) is 0 Å². The first kappa shape index (κ1) is 7.21. The molecule has 0 aliphatic carbocycles. The third-order valence-electron chi connectivity index (χ3n) is 1.72. The van der Waals surface area contributed by atoms with Crippen LogP contribution in [0, 0.1) is 19.7 Å². The topological polar surface area (TPSA) is 41.6 Å². The van der Waals surface area contributed by atoms with Crippen LogP contribution in [-0.4, -0.2) is 15.0 Å². The van der Waals surface area contributed by atoms with Gasteiger partial charge in [-0.3, -0.25) is 0 Å². The van der Waals surface area contributed by atoms with Gasteiger partial charge in [0, 0.05) is 6.07 Å². The second kappa shape index (κ2) is 2.27. The summed E-state index contributed by atoms with van der Waals surface area (Å²) in [5.74, 6) is 0.452. The average molecular weight is 165 g/mol. The smallest absolute Gasteiger partial charge is 0.178 e. The lowest BCUT2D eigenvalue weighted by atomic mass is 10.3. The summed E-state index contributed by atoms with van der Waals surface area (Å²) in [6, 6.07) is 1.41. The van der Waals surface area contributed by atoms with Crippen LogP contribution in [-0.2, 0) is 0 Å². The maximum atomic E-state index is 12.9. The number of halogens is 1. The minimum Gasteiger partial charge on any atom is -0.341 e. The molecule has 0 atom stereocenters. The Bertz CT molecular complexity index is 394. The zero-order valence-corrected chi connectivity index (χ0v) is 6.85. The summed E-state index contributed by atoms with van der Waals surface area (Å²) in [6.07, 6.45) is 0. The van der Waals surface area contributed by atoms with Gasteiger partial charge in [0.05, 0.1) is 11.2 Å². The van der Waals surface area contributed by atoms with Gasteiger partial charge in [-0.1, -0.05) is 0 Å². The molecule has 0 aliphatic rings. The monoisotopic (exact) mass is 165 g/mol. The molecule has 0 fully saturated rings. The molecule has 2 rings (SSSR count). The fraction of sp³-hybridized carbons (Fsp3) is 0.250. The van der Waals surface area contributed by atoms with Crippen molar-refractivity contribution in [2.24, 2.45) is 0 Å². The van der Waals surface area contributed by atoms with Crippen LogP contribution in [0.4, 0.5) is 4.39 Å². The van der Waals surface area contributed by atoms with Crippen LogP contribution in [0.1, 0.15) is 11.5 Å². The maximum Gasteiger partial charge on any atom is 0.178 e. The summed E-state index contributed by atoms with van der Waals surface area (Å²) in [6.45, 7) is 3.44. The van der Waals surface area contributed by atoms with E-state index in [-0.39, 0.29) is 5.82 Å². The zero-order chi connectivity index (χ0) is 8.72. The first-order valence-corrected chi connectivity index (χ1v) is 3.66. The van der Waals surface area contributed by atoms with Crippen LogP contribution in [0.5, 0.6) is 0 Å². The standard InChI is InChI=1S/C8H8FN3/c1-4-6(9)3-7-8(10-4)12-5(2)11-7/h3H,1-2H3,(H,10,11,12). The van der Waals surface area contributed by atoms with E-state index in [1.54, 1.807) is 6.92 Å². The minimum atomic E-state index is -0.300. The van der Waals surface area contributed by atoms with Crippen LogP contribution in [0.15, 0.2) is 6.07 Å². The fourth-order valence-corrected chi connectivity index (χ4v) is 1.13. The third-order valence-corrected chi connectivity index (χ3v) is 1.72. The second-order valence-electron chi connectivity index (χ2n) is 2.75. The molecule has 0 saturated heterocycles. The average Bonchev–Trinajstić information content (AvgIpc) is 2.30. The van der Waals surface area contributed by atoms with Crippen LogP contribution < -0.4 is 0 Å². The zero-order valence-electron chi connectivity index (χ0n) is 6.85. The molecule has 1 N–H and O–H groups in total. The number of aromatic nitrogens is 3. The van der Waals surface area contributed by atoms with E-state index in [1.807, 2.05) is 6.92 Å². The molecule has 62 valence electrons. The quantitative estimate of drug-likeness (QED) is 0.645. The number of rotatable bonds is 0. The lowest BCUT2D eigenvalue weighted by Crippen LogP contribution is -1.87. The highest BCUT2D eigenvalue weighted by molar-refractivity contribution is 5.70. The molecule has 0 radical (unpaired) electrons. The number of aromatic amines is 1. The molecule has 0 amide bonds. The molecule has 4 heteroatoms. The van der Waals surface area contributed by atoms with Gasteiger partial charge in [-0.05, 0) is 13.8 Å². The van der Waals surface area contributed by atoms with E-state index in [2.05, 4.69) is 15.0 Å². The highest BCUT2D eigenvalue weighted by Gasteiger charge is 2.04. The normalized spacial score (nSPS) is 10.9. The number of fused-ring (bicyclic) bond motifs is 1. The molecule has 0 bridgehead atoms. The van der Waals surface area contributed by atoms with Crippen LogP contribution in [0.25, 0.3) is 11.2 Å². The van der Waals surface area contributed by atoms with Gasteiger partial charge >= 0.3 is 0 Å². The van der Waals surface area contributed by atoms with Gasteiger partial charge in [0.15, 0.2) is 5.65 Å². The molecular weight excluding hydrogens is 157 g/mol. The number of nitrogens with zero attached hydrogens (tertiary/aromatic N) is 2. The SMILES string of the molecule is Cc1nc2nc(C)c(F)cc2[nH]1. The molecule has 12 heavy (non-hydrogen) atoms. The van der Waals surface area contributed by atoms with E-state index in [0.717, 1.165) is 5.82 Å². The summed E-state index contributed by atoms with van der Waals surface area (Å²) in [5.41, 5.74) is 1.61. The van der Waals surface area contributed by atoms with E-state index in [4.69, 9.17) is 0 Å². The molecule has 2 aromatic heterocycles. The van der Waals surface area contributed by atoms with Gasteiger partial charge in [0.1, 0.15) is 11.6 Å². The van der Waals surface area contributed by atoms with Crippen molar-refractivity contribution in [1.82, 2.24) is 15.0 Å². The fourth-order valence-electron chi connectivity index (χ4n) is 1.13. The molecule has 2 heterocycles. The number of nitrogens with one attached hydrogen (secondary N) is 1. The number of imidazole rings is 1. The Morgan fingerprint density at radius 3 is 2.83 bits per heavy atom. The Kier molecular flexibility index (Phi) is 1.36. The Balaban J connectivity index is 2.83. The van der Waals surface area contributed by atoms with Gasteiger partial charge in [0.2, 0.25) is 0 Å². The Hall–Kier alpha value is -1.45. The number of pyridine rings is 1. The van der Waals surface area contributed by atoms with E-state index in [9.17, 15) is 4.39 Å². The number of hydrogen-bond acceptors (Lipinski definition) is 2. The third kappa shape index (κ3) is 0.958. The van der Waals surface area contributed by atoms with Crippen molar-refractivity contribution in [3.63, 3.8) is 0 Å². The maximum absolute atomic E-state index is 12.9. The van der Waals surface area contributed by atoms with Crippen LogP contribution >= 0.6 is 0 Å². The largest absolute Gasteiger partial charge is 0.341 e. The van der Waals surface area contributed by atoms with Crippen molar-refractivity contribution < 1.29 is 4.39 Å². The van der Waals surface area contributed by atoms with Gasteiger partial charge in [-0.2, -0.15) is 0 Å². The molecule has 2 aromatic rings. The minimum absolute atomic E-state index is 0.300. The Labute approximate surface area is 68.7 Å². The van der Waals surface area contributed by atoms with Crippen molar-refractivity contribution in [1.29, 1.82) is 0 Å². The summed E-state index contributed by atoms with van der Waals surface area (Å²) in [7, 11) is 0. The van der Waals surface area contributed by atoms with Crippen LogP contribution in [0.3, 0.4) is 0 Å². The molecule has 0 aliphatic heterocycles.